The van der Waals surface area contributed by atoms with Gasteiger partial charge in [-0.1, -0.05) is 24.3 Å². The molecule has 1 saturated heterocycles. The van der Waals surface area contributed by atoms with Gasteiger partial charge in [0.1, 0.15) is 29.3 Å². The summed E-state index contributed by atoms with van der Waals surface area (Å²) in [7, 11) is 1.85. The molecule has 1 aliphatic heterocycles. The predicted octanol–water partition coefficient (Wildman–Crippen LogP) is 5.07. The van der Waals surface area contributed by atoms with E-state index >= 15 is 0 Å². The zero-order valence-electron chi connectivity index (χ0n) is 19.9. The number of hydrogen-bond acceptors (Lipinski definition) is 6. The molecule has 2 aromatic heterocycles. The predicted molar refractivity (Wildman–Crippen MR) is 136 cm³/mol. The van der Waals surface area contributed by atoms with E-state index < -0.39 is 0 Å². The van der Waals surface area contributed by atoms with Crippen molar-refractivity contribution in [3.63, 3.8) is 0 Å². The molecule has 1 atom stereocenters. The number of carbonyl (C=O) groups is 1. The Labute approximate surface area is 204 Å². The monoisotopic (exact) mass is 468 g/mol. The Morgan fingerprint density at radius 1 is 1.09 bits per heavy atom. The van der Waals surface area contributed by atoms with Crippen LogP contribution in [0.4, 0.5) is 5.82 Å². The number of piperidine rings is 1. The second-order valence-electron chi connectivity index (χ2n) is 8.48. The second-order valence-corrected chi connectivity index (χ2v) is 8.48. The van der Waals surface area contributed by atoms with Crippen LogP contribution in [-0.2, 0) is 4.79 Å². The van der Waals surface area contributed by atoms with E-state index in [1.165, 1.54) is 0 Å². The fraction of sp³-hybridized carbons (Fsp3) is 0.259. The Balaban J connectivity index is 1.51. The van der Waals surface area contributed by atoms with Crippen LogP contribution in [0.25, 0.3) is 22.3 Å². The first kappa shape index (κ1) is 22.6. The summed E-state index contributed by atoms with van der Waals surface area (Å²) in [6, 6.07) is 17.6. The number of carbonyl (C=O) groups excluding carboxylic acids is 1. The number of aromatic nitrogens is 4. The Morgan fingerprint density at radius 2 is 1.86 bits per heavy atom. The Morgan fingerprint density at radius 3 is 2.60 bits per heavy atom. The molecule has 1 N–H and O–H groups in total. The van der Waals surface area contributed by atoms with E-state index in [0.29, 0.717) is 6.54 Å². The molecule has 35 heavy (non-hydrogen) atoms. The van der Waals surface area contributed by atoms with Gasteiger partial charge in [-0.15, -0.1) is 0 Å². The maximum absolute atomic E-state index is 12.5. The zero-order valence-corrected chi connectivity index (χ0v) is 19.9. The van der Waals surface area contributed by atoms with Gasteiger partial charge in [0, 0.05) is 25.7 Å². The van der Waals surface area contributed by atoms with Crippen LogP contribution in [0.1, 0.15) is 25.8 Å². The van der Waals surface area contributed by atoms with Gasteiger partial charge in [-0.25, -0.2) is 14.6 Å². The number of allylic oxidation sites excluding steroid dienone is 1. The van der Waals surface area contributed by atoms with Crippen LogP contribution >= 0.6 is 0 Å². The van der Waals surface area contributed by atoms with E-state index in [9.17, 15) is 4.79 Å². The van der Waals surface area contributed by atoms with Crippen molar-refractivity contribution >= 4 is 22.8 Å². The highest BCUT2D eigenvalue weighted by Crippen LogP contribution is 2.35. The summed E-state index contributed by atoms with van der Waals surface area (Å²) in [6.45, 7) is 3.21. The average molecular weight is 469 g/mol. The molecule has 8 heteroatoms. The topological polar surface area (TPSA) is 85.2 Å². The lowest BCUT2D eigenvalue weighted by Gasteiger charge is -2.32. The Bertz CT molecular complexity index is 1350. The van der Waals surface area contributed by atoms with Gasteiger partial charge in [0.25, 0.3) is 0 Å². The van der Waals surface area contributed by atoms with Crippen LogP contribution in [-0.4, -0.2) is 50.7 Å². The van der Waals surface area contributed by atoms with E-state index in [2.05, 4.69) is 15.3 Å². The van der Waals surface area contributed by atoms with Crippen LogP contribution in [0.3, 0.4) is 0 Å². The fourth-order valence-electron chi connectivity index (χ4n) is 4.53. The lowest BCUT2D eigenvalue weighted by molar-refractivity contribution is -0.127. The molecule has 5 rings (SSSR count). The van der Waals surface area contributed by atoms with E-state index in [-0.39, 0.29) is 11.9 Å². The first-order chi connectivity index (χ1) is 17.2. The number of amides is 1. The minimum absolute atomic E-state index is 0.0356. The summed E-state index contributed by atoms with van der Waals surface area (Å²) < 4.78 is 7.92. The molecule has 0 bridgehead atoms. The van der Waals surface area contributed by atoms with Crippen molar-refractivity contribution in [1.29, 1.82) is 0 Å². The smallest absolute Gasteiger partial charge is 0.246 e. The lowest BCUT2D eigenvalue weighted by Crippen LogP contribution is -2.40. The number of benzene rings is 2. The number of anilines is 1. The van der Waals surface area contributed by atoms with Gasteiger partial charge < -0.3 is 15.0 Å². The summed E-state index contributed by atoms with van der Waals surface area (Å²) in [5.74, 6) is 2.29. The van der Waals surface area contributed by atoms with Crippen LogP contribution in [0.2, 0.25) is 0 Å². The number of rotatable bonds is 6. The third kappa shape index (κ3) is 4.59. The molecule has 3 heterocycles. The average Bonchev–Trinajstić information content (AvgIpc) is 3.30. The van der Waals surface area contributed by atoms with Gasteiger partial charge in [0.2, 0.25) is 5.91 Å². The van der Waals surface area contributed by atoms with Gasteiger partial charge >= 0.3 is 0 Å². The van der Waals surface area contributed by atoms with E-state index in [4.69, 9.17) is 9.84 Å². The molecular weight excluding hydrogens is 440 g/mol. The first-order valence-electron chi connectivity index (χ1n) is 11.8. The van der Waals surface area contributed by atoms with Crippen LogP contribution < -0.4 is 10.1 Å². The Kier molecular flexibility index (Phi) is 6.43. The molecule has 0 saturated carbocycles. The summed E-state index contributed by atoms with van der Waals surface area (Å²) in [5.41, 5.74) is 2.50. The van der Waals surface area contributed by atoms with E-state index in [1.54, 1.807) is 18.5 Å². The maximum Gasteiger partial charge on any atom is 0.246 e. The molecule has 0 radical (unpaired) electrons. The van der Waals surface area contributed by atoms with Gasteiger partial charge in [0.15, 0.2) is 5.65 Å². The lowest BCUT2D eigenvalue weighted by atomic mass is 10.1. The third-order valence-electron chi connectivity index (χ3n) is 6.20. The zero-order chi connectivity index (χ0) is 24.2. The number of fused-ring (bicyclic) bond motifs is 1. The maximum atomic E-state index is 12.5. The minimum Gasteiger partial charge on any atom is -0.457 e. The molecule has 0 aliphatic carbocycles. The van der Waals surface area contributed by atoms with E-state index in [0.717, 1.165) is 59.0 Å². The summed E-state index contributed by atoms with van der Waals surface area (Å²) in [5, 5.41) is 9.07. The molecule has 1 unspecified atom stereocenters. The SMILES string of the molecule is C/C=C/C(=O)N1CCCC(n2nc(-c3ccc(Oc4ccccc4)cc3)c3c(NC)ncnc32)C1. The van der Waals surface area contributed by atoms with Crippen LogP contribution in [0, 0.1) is 0 Å². The molecule has 4 aromatic rings. The largest absolute Gasteiger partial charge is 0.457 e. The number of likely N-dealkylation sites (tertiary alicyclic amines) is 1. The molecule has 2 aromatic carbocycles. The van der Waals surface area contributed by atoms with Gasteiger partial charge in [-0.3, -0.25) is 4.79 Å². The number of nitrogens with zero attached hydrogens (tertiary/aromatic N) is 5. The van der Waals surface area contributed by atoms with Gasteiger partial charge in [-0.05, 0) is 62.2 Å². The highest BCUT2D eigenvalue weighted by atomic mass is 16.5. The van der Waals surface area contributed by atoms with Crippen LogP contribution in [0.5, 0.6) is 11.5 Å². The van der Waals surface area contributed by atoms with Crippen molar-refractivity contribution in [2.45, 2.75) is 25.8 Å². The van der Waals surface area contributed by atoms with Gasteiger partial charge in [0.05, 0.1) is 11.4 Å². The molecule has 1 amide bonds. The molecule has 1 aliphatic rings. The minimum atomic E-state index is 0.0356. The molecule has 0 spiro atoms. The summed E-state index contributed by atoms with van der Waals surface area (Å²) in [4.78, 5) is 23.4. The highest BCUT2D eigenvalue weighted by molar-refractivity contribution is 5.99. The third-order valence-corrected chi connectivity index (χ3v) is 6.20. The number of hydrogen-bond donors (Lipinski definition) is 1. The number of ether oxygens (including phenoxy) is 1. The quantitative estimate of drug-likeness (QED) is 0.398. The van der Waals surface area contributed by atoms with Crippen molar-refractivity contribution in [2.75, 3.05) is 25.5 Å². The van der Waals surface area contributed by atoms with Crippen molar-refractivity contribution in [1.82, 2.24) is 24.6 Å². The Hall–Kier alpha value is -4.20. The molecule has 1 fully saturated rings. The standard InChI is InChI=1S/C27H28N6O2/c1-3-8-23(34)32-16-7-9-20(17-32)33-27-24(26(28-2)29-18-30-27)25(31-33)19-12-14-22(15-13-19)35-21-10-5-4-6-11-21/h3-6,8,10-15,18,20H,7,9,16-17H2,1-2H3,(H,28,29,30)/b8-3+. The van der Waals surface area contributed by atoms with E-state index in [1.807, 2.05) is 78.2 Å². The van der Waals surface area contributed by atoms with Gasteiger partial charge in [-0.2, -0.15) is 5.10 Å². The molecular formula is C27H28N6O2. The molecule has 8 nitrogen and oxygen atoms in total. The summed E-state index contributed by atoms with van der Waals surface area (Å²) >= 11 is 0. The highest BCUT2D eigenvalue weighted by Gasteiger charge is 2.28. The fourth-order valence-corrected chi connectivity index (χ4v) is 4.53. The van der Waals surface area contributed by atoms with Crippen molar-refractivity contribution in [3.05, 3.63) is 73.1 Å². The number of para-hydroxylation sites is 1. The van der Waals surface area contributed by atoms with Crippen molar-refractivity contribution < 1.29 is 9.53 Å². The second kappa shape index (κ2) is 9.97. The van der Waals surface area contributed by atoms with Crippen molar-refractivity contribution in [2.24, 2.45) is 0 Å². The molecule has 178 valence electrons. The summed E-state index contributed by atoms with van der Waals surface area (Å²) in [6.07, 6.45) is 6.80. The first-order valence-corrected chi connectivity index (χ1v) is 11.8. The van der Waals surface area contributed by atoms with Crippen LogP contribution in [0.15, 0.2) is 73.1 Å². The normalized spacial score (nSPS) is 16.1. The number of nitrogens with one attached hydrogen (secondary N) is 1. The van der Waals surface area contributed by atoms with Crippen molar-refractivity contribution in [3.8, 4) is 22.8 Å².